The molecule has 2 amide bonds. The predicted octanol–water partition coefficient (Wildman–Crippen LogP) is 4.42. The number of halogens is 1. The summed E-state index contributed by atoms with van der Waals surface area (Å²) in [6.45, 7) is 3.55. The highest BCUT2D eigenvalue weighted by atomic mass is 35.5. The minimum absolute atomic E-state index is 0.132. The van der Waals surface area contributed by atoms with Gasteiger partial charge in [0.05, 0.1) is 32.4 Å². The van der Waals surface area contributed by atoms with Gasteiger partial charge in [0.25, 0.3) is 5.91 Å². The van der Waals surface area contributed by atoms with Crippen molar-refractivity contribution in [2.75, 3.05) is 33.8 Å². The summed E-state index contributed by atoms with van der Waals surface area (Å²) in [7, 11) is 3.49. The largest absolute Gasteiger partial charge is 0.493 e. The van der Waals surface area contributed by atoms with Crippen LogP contribution in [0.25, 0.3) is 0 Å². The Bertz CT molecular complexity index is 1380. The molecular weight excluding hydrogens is 518 g/mol. The third-order valence-corrected chi connectivity index (χ3v) is 7.49. The van der Waals surface area contributed by atoms with Gasteiger partial charge in [0.15, 0.2) is 11.5 Å². The van der Waals surface area contributed by atoms with Crippen molar-refractivity contribution in [2.24, 2.45) is 0 Å². The lowest BCUT2D eigenvalue weighted by Crippen LogP contribution is -2.47. The molecule has 0 spiro atoms. The second-order valence-corrected chi connectivity index (χ2v) is 10.5. The van der Waals surface area contributed by atoms with E-state index in [1.54, 1.807) is 30.2 Å². The molecule has 2 atom stereocenters. The van der Waals surface area contributed by atoms with E-state index in [9.17, 15) is 9.59 Å². The molecule has 4 bridgehead atoms. The molecule has 8 nitrogen and oxygen atoms in total. The number of rotatable bonds is 2. The van der Waals surface area contributed by atoms with Gasteiger partial charge in [0.1, 0.15) is 5.75 Å². The Balaban J connectivity index is 1.41. The first kappa shape index (κ1) is 27.0. The zero-order chi connectivity index (χ0) is 27.5. The van der Waals surface area contributed by atoms with Crippen LogP contribution in [0.4, 0.5) is 0 Å². The molecule has 0 saturated carbocycles. The second kappa shape index (κ2) is 11.7. The van der Waals surface area contributed by atoms with Crippen LogP contribution >= 0.6 is 11.6 Å². The third kappa shape index (κ3) is 6.19. The molecule has 2 aliphatic heterocycles. The van der Waals surface area contributed by atoms with E-state index in [-0.39, 0.29) is 30.5 Å². The number of carbonyl (C=O) groups excluding carboxylic acids is 2. The zero-order valence-corrected chi connectivity index (χ0v) is 23.0. The summed E-state index contributed by atoms with van der Waals surface area (Å²) in [6.07, 6.45) is -0.381. The Morgan fingerprint density at radius 1 is 1.05 bits per heavy atom. The summed E-state index contributed by atoms with van der Waals surface area (Å²) < 4.78 is 18.0. The molecule has 0 aromatic heterocycles. The maximum absolute atomic E-state index is 13.4. The molecule has 9 heteroatoms. The van der Waals surface area contributed by atoms with Gasteiger partial charge in [-0.25, -0.2) is 0 Å². The first-order valence-electron chi connectivity index (χ1n) is 12.9. The van der Waals surface area contributed by atoms with Crippen LogP contribution < -0.4 is 14.8 Å². The number of likely N-dealkylation sites (N-methyl/N-ethyl adjacent to an activating group) is 1. The fourth-order valence-corrected chi connectivity index (χ4v) is 5.22. The number of nitrogens with zero attached hydrogens (tertiary/aromatic N) is 2. The first-order chi connectivity index (χ1) is 18.8. The maximum atomic E-state index is 13.4. The van der Waals surface area contributed by atoms with Crippen LogP contribution in [-0.2, 0) is 22.7 Å². The highest BCUT2D eigenvalue weighted by Gasteiger charge is 2.38. The fraction of sp³-hybridized carbons (Fsp3) is 0.333. The van der Waals surface area contributed by atoms with E-state index in [4.69, 9.17) is 25.8 Å². The van der Waals surface area contributed by atoms with Crippen molar-refractivity contribution in [1.82, 2.24) is 15.1 Å². The molecule has 1 N–H and O–H groups in total. The second-order valence-electron chi connectivity index (χ2n) is 10.1. The van der Waals surface area contributed by atoms with E-state index in [2.05, 4.69) is 5.32 Å². The molecule has 3 aromatic rings. The van der Waals surface area contributed by atoms with Crippen LogP contribution in [0.15, 0.2) is 60.7 Å². The van der Waals surface area contributed by atoms with Crippen molar-refractivity contribution in [3.8, 4) is 17.2 Å². The number of nitrogens with one attached hydrogen (secondary N) is 1. The van der Waals surface area contributed by atoms with E-state index in [1.165, 1.54) is 0 Å². The molecule has 0 radical (unpaired) electrons. The minimum Gasteiger partial charge on any atom is -0.493 e. The predicted molar refractivity (Wildman–Crippen MR) is 148 cm³/mol. The van der Waals surface area contributed by atoms with Crippen molar-refractivity contribution in [2.45, 2.75) is 32.2 Å². The van der Waals surface area contributed by atoms with Gasteiger partial charge in [0.2, 0.25) is 5.91 Å². The summed E-state index contributed by atoms with van der Waals surface area (Å²) in [5.41, 5.74) is 3.18. The Morgan fingerprint density at radius 2 is 1.87 bits per heavy atom. The molecule has 39 heavy (non-hydrogen) atoms. The van der Waals surface area contributed by atoms with Crippen molar-refractivity contribution in [1.29, 1.82) is 0 Å². The Labute approximate surface area is 233 Å². The van der Waals surface area contributed by atoms with Crippen molar-refractivity contribution in [3.63, 3.8) is 0 Å². The number of benzene rings is 3. The average molecular weight is 550 g/mol. The first-order valence-corrected chi connectivity index (χ1v) is 13.3. The number of hydrogen-bond donors (Lipinski definition) is 1. The third-order valence-electron chi connectivity index (χ3n) is 7.08. The van der Waals surface area contributed by atoms with Gasteiger partial charge in [-0.15, -0.1) is 0 Å². The summed E-state index contributed by atoms with van der Waals surface area (Å²) in [5, 5.41) is 3.66. The van der Waals surface area contributed by atoms with Gasteiger partial charge >= 0.3 is 0 Å². The Kier molecular flexibility index (Phi) is 8.07. The van der Waals surface area contributed by atoms with Crippen LogP contribution in [0.2, 0.25) is 5.02 Å². The van der Waals surface area contributed by atoms with E-state index < -0.39 is 0 Å². The normalized spacial score (nSPS) is 20.1. The van der Waals surface area contributed by atoms with Gasteiger partial charge in [-0.2, -0.15) is 0 Å². The highest BCUT2D eigenvalue weighted by Crippen LogP contribution is 2.33. The summed E-state index contributed by atoms with van der Waals surface area (Å²) >= 11 is 6.28. The number of hydrogen-bond acceptors (Lipinski definition) is 6. The summed E-state index contributed by atoms with van der Waals surface area (Å²) in [4.78, 5) is 30.1. The summed E-state index contributed by atoms with van der Waals surface area (Å²) in [5.74, 6) is 1.61. The molecule has 5 rings (SSSR count). The zero-order valence-electron chi connectivity index (χ0n) is 22.3. The van der Waals surface area contributed by atoms with Crippen LogP contribution in [0.1, 0.15) is 27.0 Å². The standard InChI is InChI=1S/C30H32ClN3O5/c1-19-23(8-5-9-24(19)31)30(36)34-15-25-28(16-34)38-18-21-6-4-7-22(12-21)39-27-13-20(10-11-26(27)37-3)14-33(2)17-29(35)32-25/h4-13,25,28H,14-18H2,1-3H3,(H,32,35)/t25-,28-/m0/s1. The monoisotopic (exact) mass is 549 g/mol. The number of carbonyl (C=O) groups is 2. The summed E-state index contributed by atoms with van der Waals surface area (Å²) in [6, 6.07) is 18.4. The smallest absolute Gasteiger partial charge is 0.254 e. The van der Waals surface area contributed by atoms with Gasteiger partial charge in [-0.3, -0.25) is 14.5 Å². The van der Waals surface area contributed by atoms with Gasteiger partial charge < -0.3 is 24.4 Å². The number of ether oxygens (including phenoxy) is 3. The molecule has 1 saturated heterocycles. The Morgan fingerprint density at radius 3 is 2.69 bits per heavy atom. The lowest BCUT2D eigenvalue weighted by molar-refractivity contribution is -0.123. The number of likely N-dealkylation sites (tertiary alicyclic amines) is 1. The van der Waals surface area contributed by atoms with Crippen molar-refractivity contribution >= 4 is 23.4 Å². The number of fused-ring (bicyclic) bond motifs is 5. The van der Waals surface area contributed by atoms with Crippen molar-refractivity contribution < 1.29 is 23.8 Å². The molecule has 0 aliphatic carbocycles. The Hall–Kier alpha value is -3.59. The molecule has 2 aliphatic rings. The van der Waals surface area contributed by atoms with Crippen LogP contribution in [0.5, 0.6) is 17.2 Å². The van der Waals surface area contributed by atoms with Crippen molar-refractivity contribution in [3.05, 3.63) is 87.9 Å². The number of methoxy groups -OCH3 is 1. The van der Waals surface area contributed by atoms with E-state index in [0.717, 1.165) is 16.7 Å². The van der Waals surface area contributed by atoms with Crippen LogP contribution in [0, 0.1) is 6.92 Å². The van der Waals surface area contributed by atoms with E-state index >= 15 is 0 Å². The molecule has 3 aromatic carbocycles. The van der Waals surface area contributed by atoms with Gasteiger partial charge in [-0.05, 0) is 67.1 Å². The number of amides is 2. The average Bonchev–Trinajstić information content (AvgIpc) is 3.30. The lowest BCUT2D eigenvalue weighted by atomic mass is 10.1. The maximum Gasteiger partial charge on any atom is 0.254 e. The molecule has 204 valence electrons. The van der Waals surface area contributed by atoms with Gasteiger partial charge in [0, 0.05) is 30.2 Å². The molecule has 1 fully saturated rings. The lowest BCUT2D eigenvalue weighted by Gasteiger charge is -2.23. The van der Waals surface area contributed by atoms with Gasteiger partial charge in [-0.1, -0.05) is 35.9 Å². The molecule has 2 heterocycles. The molecular formula is C30H32ClN3O5. The fourth-order valence-electron chi connectivity index (χ4n) is 5.05. The highest BCUT2D eigenvalue weighted by molar-refractivity contribution is 6.31. The van der Waals surface area contributed by atoms with E-state index in [1.807, 2.05) is 61.3 Å². The SMILES string of the molecule is COc1ccc2cc1Oc1cccc(c1)CO[C@H]1CN(C(=O)c3cccc(Cl)c3C)C[C@@H]1NC(=O)CN(C)C2. The molecule has 0 unspecified atom stereocenters. The van der Waals surface area contributed by atoms with E-state index in [0.29, 0.717) is 54.1 Å². The quantitative estimate of drug-likeness (QED) is 0.510. The van der Waals surface area contributed by atoms with Crippen LogP contribution in [0.3, 0.4) is 0 Å². The topological polar surface area (TPSA) is 80.3 Å². The minimum atomic E-state index is -0.381. The van der Waals surface area contributed by atoms with Crippen LogP contribution in [-0.4, -0.2) is 67.6 Å².